The summed E-state index contributed by atoms with van der Waals surface area (Å²) in [6, 6.07) is 0. The molecule has 72 heavy (non-hydrogen) atoms. The van der Waals surface area contributed by atoms with Gasteiger partial charge in [-0.3, -0.25) is 14.4 Å². The van der Waals surface area contributed by atoms with Crippen molar-refractivity contribution in [2.24, 2.45) is 0 Å². The number of hydrogen-bond acceptors (Lipinski definition) is 6. The van der Waals surface area contributed by atoms with Gasteiger partial charge in [0.2, 0.25) is 0 Å². The molecule has 0 saturated carbocycles. The van der Waals surface area contributed by atoms with Crippen molar-refractivity contribution in [3.05, 3.63) is 97.2 Å². The molecule has 0 aliphatic heterocycles. The lowest BCUT2D eigenvalue weighted by Crippen LogP contribution is -2.30. The zero-order chi connectivity index (χ0) is 52.2. The molecule has 0 saturated heterocycles. The van der Waals surface area contributed by atoms with E-state index >= 15 is 0 Å². The summed E-state index contributed by atoms with van der Waals surface area (Å²) in [5, 5.41) is 0. The minimum atomic E-state index is -0.803. The molecular weight excluding hydrogens is 889 g/mol. The molecule has 0 radical (unpaired) electrons. The number of rotatable bonds is 54. The quantitative estimate of drug-likeness (QED) is 0.0261. The Labute approximate surface area is 445 Å². The number of carbonyl (C=O) groups excluding carboxylic acids is 3. The highest BCUT2D eigenvalue weighted by Gasteiger charge is 2.19. The van der Waals surface area contributed by atoms with Crippen molar-refractivity contribution in [2.45, 2.75) is 290 Å². The van der Waals surface area contributed by atoms with Crippen LogP contribution in [0.1, 0.15) is 284 Å². The summed E-state index contributed by atoms with van der Waals surface area (Å²) in [4.78, 5) is 38.2. The molecule has 0 amide bonds. The van der Waals surface area contributed by atoms with Crippen LogP contribution in [0.2, 0.25) is 0 Å². The van der Waals surface area contributed by atoms with Gasteiger partial charge in [0.05, 0.1) is 0 Å². The van der Waals surface area contributed by atoms with Crippen LogP contribution in [0.15, 0.2) is 97.2 Å². The van der Waals surface area contributed by atoms with E-state index in [1.165, 1.54) is 141 Å². The molecule has 412 valence electrons. The fourth-order valence-electron chi connectivity index (χ4n) is 8.26. The summed E-state index contributed by atoms with van der Waals surface area (Å²) in [5.74, 6) is -0.948. The second-order valence-electron chi connectivity index (χ2n) is 19.9. The Morgan fingerprint density at radius 2 is 0.542 bits per heavy atom. The van der Waals surface area contributed by atoms with E-state index in [2.05, 4.69) is 118 Å². The van der Waals surface area contributed by atoms with Crippen LogP contribution >= 0.6 is 0 Å². The summed E-state index contributed by atoms with van der Waals surface area (Å²) in [6.45, 7) is 6.49. The SMILES string of the molecule is CC/C=C\C/C=C\C/C=C\C/C=C\C/C=C\C/C=C\CCCCC(=O)OCC(COC(=O)CCCCCCC/C=C\CCCCCCCC)OC(=O)CCCCCCCCC/C=C\CCCCCCCCC. The zero-order valence-corrected chi connectivity index (χ0v) is 47.2. The number of hydrogen-bond donors (Lipinski definition) is 0. The van der Waals surface area contributed by atoms with Gasteiger partial charge in [-0.2, -0.15) is 0 Å². The first-order valence-corrected chi connectivity index (χ1v) is 30.2. The summed E-state index contributed by atoms with van der Waals surface area (Å²) in [7, 11) is 0. The van der Waals surface area contributed by atoms with Crippen molar-refractivity contribution in [3.63, 3.8) is 0 Å². The predicted molar refractivity (Wildman–Crippen MR) is 311 cm³/mol. The van der Waals surface area contributed by atoms with Gasteiger partial charge in [-0.05, 0) is 122 Å². The zero-order valence-electron chi connectivity index (χ0n) is 47.2. The monoisotopic (exact) mass is 1000 g/mol. The maximum Gasteiger partial charge on any atom is 0.306 e. The average molecular weight is 1000 g/mol. The van der Waals surface area contributed by atoms with Crippen molar-refractivity contribution in [2.75, 3.05) is 13.2 Å². The van der Waals surface area contributed by atoms with Gasteiger partial charge in [-0.1, -0.05) is 240 Å². The van der Waals surface area contributed by atoms with Crippen molar-refractivity contribution in [1.29, 1.82) is 0 Å². The Balaban J connectivity index is 4.48. The number of carbonyl (C=O) groups is 3. The molecule has 0 aliphatic carbocycles. The van der Waals surface area contributed by atoms with Gasteiger partial charge in [-0.25, -0.2) is 0 Å². The van der Waals surface area contributed by atoms with Crippen molar-refractivity contribution in [3.8, 4) is 0 Å². The molecule has 0 rings (SSSR count). The van der Waals surface area contributed by atoms with Gasteiger partial charge < -0.3 is 14.2 Å². The fourth-order valence-corrected chi connectivity index (χ4v) is 8.26. The molecule has 1 atom stereocenters. The molecule has 6 heteroatoms. The minimum Gasteiger partial charge on any atom is -0.462 e. The maximum atomic E-state index is 12.9. The van der Waals surface area contributed by atoms with E-state index in [1.54, 1.807) is 0 Å². The number of esters is 3. The van der Waals surface area contributed by atoms with E-state index in [4.69, 9.17) is 14.2 Å². The third-order valence-corrected chi connectivity index (χ3v) is 12.8. The molecule has 1 unspecified atom stereocenters. The Bertz CT molecular complexity index is 1430. The van der Waals surface area contributed by atoms with Crippen LogP contribution in [-0.2, 0) is 28.6 Å². The Kier molecular flexibility index (Phi) is 56.8. The average Bonchev–Trinajstić information content (AvgIpc) is 3.38. The highest BCUT2D eigenvalue weighted by atomic mass is 16.6. The van der Waals surface area contributed by atoms with Gasteiger partial charge in [0, 0.05) is 19.3 Å². The molecule has 0 aliphatic rings. The second-order valence-corrected chi connectivity index (χ2v) is 19.9. The second kappa shape index (κ2) is 59.9. The van der Waals surface area contributed by atoms with Gasteiger partial charge in [0.25, 0.3) is 0 Å². The molecule has 0 fully saturated rings. The largest absolute Gasteiger partial charge is 0.462 e. The normalized spacial score (nSPS) is 12.8. The van der Waals surface area contributed by atoms with E-state index in [0.29, 0.717) is 19.3 Å². The standard InChI is InChI=1S/C66H112O6/c1-4-7-10-13-16-19-22-25-28-30-32-33-34-36-38-41-44-47-50-53-56-59-65(68)71-62-63(61-70-64(67)58-55-52-49-46-43-40-37-27-24-21-18-15-12-9-6-3)72-66(69)60-57-54-51-48-45-42-39-35-31-29-26-23-20-17-14-11-8-5-2/h7,10,16,19,25,27-29,31-33,36-38,44,47,63H,4-6,8-9,11-15,17-18,20-24,26,30,34-35,39-43,45-46,48-62H2,1-3H3/b10-7-,19-16-,28-25-,31-29-,33-32-,37-27-,38-36-,47-44-. The van der Waals surface area contributed by atoms with Crippen LogP contribution in [-0.4, -0.2) is 37.2 Å². The molecule has 6 nitrogen and oxygen atoms in total. The van der Waals surface area contributed by atoms with E-state index in [0.717, 1.165) is 103 Å². The van der Waals surface area contributed by atoms with Crippen LogP contribution in [0.4, 0.5) is 0 Å². The molecule has 0 aromatic heterocycles. The lowest BCUT2D eigenvalue weighted by Gasteiger charge is -2.18. The van der Waals surface area contributed by atoms with Crippen LogP contribution in [0, 0.1) is 0 Å². The summed E-state index contributed by atoms with van der Waals surface area (Å²) < 4.78 is 16.9. The fraction of sp³-hybridized carbons (Fsp3) is 0.712. The first-order chi connectivity index (χ1) is 35.5. The Morgan fingerprint density at radius 1 is 0.292 bits per heavy atom. The first kappa shape index (κ1) is 68.3. The lowest BCUT2D eigenvalue weighted by molar-refractivity contribution is -0.167. The molecule has 0 heterocycles. The van der Waals surface area contributed by atoms with Crippen LogP contribution in [0.5, 0.6) is 0 Å². The van der Waals surface area contributed by atoms with Gasteiger partial charge in [-0.15, -0.1) is 0 Å². The van der Waals surface area contributed by atoms with E-state index in [-0.39, 0.29) is 31.1 Å². The minimum absolute atomic E-state index is 0.0973. The van der Waals surface area contributed by atoms with Crippen LogP contribution in [0.3, 0.4) is 0 Å². The third-order valence-electron chi connectivity index (χ3n) is 12.8. The Hall–Kier alpha value is -3.67. The van der Waals surface area contributed by atoms with E-state index in [1.807, 2.05) is 0 Å². The van der Waals surface area contributed by atoms with Crippen LogP contribution < -0.4 is 0 Å². The topological polar surface area (TPSA) is 78.9 Å². The third kappa shape index (κ3) is 57.2. The maximum absolute atomic E-state index is 12.9. The Morgan fingerprint density at radius 3 is 0.889 bits per heavy atom. The van der Waals surface area contributed by atoms with Crippen molar-refractivity contribution < 1.29 is 28.6 Å². The molecule has 0 bridgehead atoms. The summed E-state index contributed by atoms with van der Waals surface area (Å²) >= 11 is 0. The molecule has 0 aromatic carbocycles. The number of ether oxygens (including phenoxy) is 3. The van der Waals surface area contributed by atoms with Gasteiger partial charge in [0.15, 0.2) is 6.10 Å². The molecule has 0 spiro atoms. The lowest BCUT2D eigenvalue weighted by atomic mass is 10.1. The summed E-state index contributed by atoms with van der Waals surface area (Å²) in [5.41, 5.74) is 0. The first-order valence-electron chi connectivity index (χ1n) is 30.2. The predicted octanol–water partition coefficient (Wildman–Crippen LogP) is 20.5. The van der Waals surface area contributed by atoms with Gasteiger partial charge in [0.1, 0.15) is 13.2 Å². The van der Waals surface area contributed by atoms with Crippen LogP contribution in [0.25, 0.3) is 0 Å². The van der Waals surface area contributed by atoms with Gasteiger partial charge >= 0.3 is 17.9 Å². The summed E-state index contributed by atoms with van der Waals surface area (Å²) in [6.07, 6.45) is 79.7. The van der Waals surface area contributed by atoms with Crippen molar-refractivity contribution in [1.82, 2.24) is 0 Å². The van der Waals surface area contributed by atoms with E-state index in [9.17, 15) is 14.4 Å². The molecule has 0 N–H and O–H groups in total. The highest BCUT2D eigenvalue weighted by Crippen LogP contribution is 2.15. The van der Waals surface area contributed by atoms with E-state index < -0.39 is 6.10 Å². The molecular formula is C66H112O6. The highest BCUT2D eigenvalue weighted by molar-refractivity contribution is 5.71. The number of allylic oxidation sites excluding steroid dienone is 16. The molecule has 0 aromatic rings. The smallest absolute Gasteiger partial charge is 0.306 e. The number of unbranched alkanes of at least 4 members (excludes halogenated alkanes) is 27. The van der Waals surface area contributed by atoms with Crippen molar-refractivity contribution >= 4 is 17.9 Å².